The minimum absolute atomic E-state index is 0.237. The van der Waals surface area contributed by atoms with Crippen LogP contribution in [0.4, 0.5) is 0 Å². The van der Waals surface area contributed by atoms with Crippen LogP contribution in [0.2, 0.25) is 0 Å². The van der Waals surface area contributed by atoms with Crippen molar-refractivity contribution < 1.29 is 23.7 Å². The first kappa shape index (κ1) is 15.2. The van der Waals surface area contributed by atoms with E-state index < -0.39 is 17.9 Å². The van der Waals surface area contributed by atoms with Crippen molar-refractivity contribution in [3.05, 3.63) is 0 Å². The Kier molecular flexibility index (Phi) is 3.53. The monoisotopic (exact) mass is 300 g/mol. The third-order valence-corrected chi connectivity index (χ3v) is 3.64. The fraction of sp³-hybridized carbons (Fsp3) is 0.929. The molecule has 3 fully saturated rings. The quantitative estimate of drug-likeness (QED) is 0.558. The summed E-state index contributed by atoms with van der Waals surface area (Å²) in [6.07, 6.45) is 0.125. The summed E-state index contributed by atoms with van der Waals surface area (Å²) in [6, 6.07) is 0. The van der Waals surface area contributed by atoms with Crippen molar-refractivity contribution in [2.45, 2.75) is 70.0 Å². The molecule has 0 bridgehead atoms. The lowest BCUT2D eigenvalue weighted by molar-refractivity contribution is -0.217. The molecule has 0 aromatic heterocycles. The molecule has 7 nitrogen and oxygen atoms in total. The van der Waals surface area contributed by atoms with Crippen molar-refractivity contribution in [2.75, 3.05) is 14.1 Å². The highest BCUT2D eigenvalue weighted by atomic mass is 16.9. The molecule has 3 aliphatic heterocycles. The smallest absolute Gasteiger partial charge is 0.190 e. The van der Waals surface area contributed by atoms with Crippen LogP contribution in [-0.2, 0) is 23.7 Å². The Balaban J connectivity index is 1.85. The van der Waals surface area contributed by atoms with Gasteiger partial charge in [0.05, 0.1) is 6.21 Å². The van der Waals surface area contributed by atoms with E-state index in [-0.39, 0.29) is 24.4 Å². The Morgan fingerprint density at radius 3 is 2.10 bits per heavy atom. The van der Waals surface area contributed by atoms with Crippen molar-refractivity contribution in [2.24, 2.45) is 5.10 Å². The zero-order valence-corrected chi connectivity index (χ0v) is 13.4. The molecule has 0 N–H and O–H groups in total. The average molecular weight is 300 g/mol. The summed E-state index contributed by atoms with van der Waals surface area (Å²) in [5.74, 6) is -1.36. The van der Waals surface area contributed by atoms with Gasteiger partial charge in [-0.15, -0.1) is 0 Å². The largest absolute Gasteiger partial charge is 0.342 e. The van der Waals surface area contributed by atoms with Gasteiger partial charge in [-0.05, 0) is 27.7 Å². The molecule has 0 aliphatic carbocycles. The molecule has 3 heterocycles. The van der Waals surface area contributed by atoms with Crippen LogP contribution >= 0.6 is 0 Å². The van der Waals surface area contributed by atoms with E-state index in [1.807, 2.05) is 41.8 Å². The SMILES string of the molecule is CN(C)/N=C/[C@H]1O[C@@H]2OC(C)(C)O[C@@H]2[C@H]2OC(C)(C)O[C@H]21. The summed E-state index contributed by atoms with van der Waals surface area (Å²) in [5.41, 5.74) is 0. The van der Waals surface area contributed by atoms with Crippen LogP contribution in [0, 0.1) is 0 Å². The van der Waals surface area contributed by atoms with Crippen LogP contribution in [0.3, 0.4) is 0 Å². The fourth-order valence-electron chi connectivity index (χ4n) is 2.96. The second-order valence-electron chi connectivity index (χ2n) is 6.75. The predicted molar refractivity (Wildman–Crippen MR) is 74.7 cm³/mol. The summed E-state index contributed by atoms with van der Waals surface area (Å²) < 4.78 is 29.7. The topological polar surface area (TPSA) is 61.8 Å². The molecule has 7 heteroatoms. The average Bonchev–Trinajstić information content (AvgIpc) is 2.80. The lowest BCUT2D eigenvalue weighted by Gasteiger charge is -2.35. The van der Waals surface area contributed by atoms with Gasteiger partial charge in [0.2, 0.25) is 0 Å². The van der Waals surface area contributed by atoms with Gasteiger partial charge >= 0.3 is 0 Å². The molecule has 0 radical (unpaired) electrons. The van der Waals surface area contributed by atoms with Crippen molar-refractivity contribution in [1.82, 2.24) is 5.01 Å². The lowest BCUT2D eigenvalue weighted by Crippen LogP contribution is -2.55. The van der Waals surface area contributed by atoms with Crippen LogP contribution in [-0.4, -0.2) is 67.6 Å². The molecule has 0 spiro atoms. The van der Waals surface area contributed by atoms with Gasteiger partial charge in [-0.25, -0.2) is 0 Å². The standard InChI is InChI=1S/C14H24N2O5/c1-13(2)18-9-8(7-15-16(5)6)17-12-11(10(9)19-13)20-14(3,4)21-12/h7-12H,1-6H3/b15-7+/t8-,9+,10+,11-,12-/m1/s1. The zero-order valence-electron chi connectivity index (χ0n) is 13.4. The fourth-order valence-corrected chi connectivity index (χ4v) is 2.96. The maximum Gasteiger partial charge on any atom is 0.190 e. The van der Waals surface area contributed by atoms with Crippen LogP contribution in [0.5, 0.6) is 0 Å². The molecule has 5 atom stereocenters. The first-order valence-electron chi connectivity index (χ1n) is 7.25. The van der Waals surface area contributed by atoms with Gasteiger partial charge in [-0.2, -0.15) is 5.10 Å². The Morgan fingerprint density at radius 1 is 0.857 bits per heavy atom. The molecule has 0 aromatic carbocycles. The van der Waals surface area contributed by atoms with Gasteiger partial charge in [0.1, 0.15) is 24.4 Å². The first-order chi connectivity index (χ1) is 9.67. The first-order valence-corrected chi connectivity index (χ1v) is 7.25. The van der Waals surface area contributed by atoms with Gasteiger partial charge in [-0.3, -0.25) is 0 Å². The molecule has 3 rings (SSSR count). The number of hydrogen-bond acceptors (Lipinski definition) is 7. The third-order valence-electron chi connectivity index (χ3n) is 3.64. The highest BCUT2D eigenvalue weighted by Crippen LogP contribution is 2.43. The molecular weight excluding hydrogens is 276 g/mol. The summed E-state index contributed by atoms with van der Waals surface area (Å²) >= 11 is 0. The second kappa shape index (κ2) is 4.89. The van der Waals surface area contributed by atoms with Gasteiger partial charge in [0.15, 0.2) is 17.9 Å². The third kappa shape index (κ3) is 2.93. The van der Waals surface area contributed by atoms with E-state index in [2.05, 4.69) is 5.10 Å². The Labute approximate surface area is 125 Å². The number of hydrogen-bond donors (Lipinski definition) is 0. The zero-order chi connectivity index (χ0) is 15.4. The van der Waals surface area contributed by atoms with Crippen molar-refractivity contribution in [3.8, 4) is 0 Å². The predicted octanol–water partition coefficient (Wildman–Crippen LogP) is 0.930. The minimum atomic E-state index is -0.691. The summed E-state index contributed by atoms with van der Waals surface area (Å²) in [7, 11) is 3.71. The van der Waals surface area contributed by atoms with Gasteiger partial charge in [-0.1, -0.05) is 0 Å². The minimum Gasteiger partial charge on any atom is -0.342 e. The summed E-state index contributed by atoms with van der Waals surface area (Å²) in [5, 5.41) is 5.97. The normalized spacial score (nSPS) is 43.8. The number of ether oxygens (including phenoxy) is 5. The van der Waals surface area contributed by atoms with E-state index in [1.165, 1.54) is 0 Å². The second-order valence-corrected chi connectivity index (χ2v) is 6.75. The number of hydrazone groups is 1. The Morgan fingerprint density at radius 2 is 1.43 bits per heavy atom. The van der Waals surface area contributed by atoms with E-state index in [4.69, 9.17) is 23.7 Å². The van der Waals surface area contributed by atoms with Crippen LogP contribution in [0.25, 0.3) is 0 Å². The molecule has 0 unspecified atom stereocenters. The maximum atomic E-state index is 6.01. The van der Waals surface area contributed by atoms with Crippen molar-refractivity contribution in [3.63, 3.8) is 0 Å². The number of fused-ring (bicyclic) bond motifs is 3. The molecule has 120 valence electrons. The summed E-state index contributed by atoms with van der Waals surface area (Å²) in [4.78, 5) is 0. The Bertz CT molecular complexity index is 437. The lowest BCUT2D eigenvalue weighted by atomic mass is 10.00. The molecule has 0 amide bonds. The number of nitrogens with zero attached hydrogens (tertiary/aromatic N) is 2. The van der Waals surface area contributed by atoms with E-state index in [1.54, 1.807) is 11.2 Å². The highest BCUT2D eigenvalue weighted by Gasteiger charge is 2.60. The van der Waals surface area contributed by atoms with Crippen molar-refractivity contribution >= 4 is 6.21 Å². The van der Waals surface area contributed by atoms with E-state index in [0.29, 0.717) is 0 Å². The van der Waals surface area contributed by atoms with Gasteiger partial charge in [0.25, 0.3) is 0 Å². The number of rotatable bonds is 2. The molecule has 21 heavy (non-hydrogen) atoms. The van der Waals surface area contributed by atoms with Gasteiger partial charge < -0.3 is 28.7 Å². The molecule has 3 aliphatic rings. The molecule has 3 saturated heterocycles. The van der Waals surface area contributed by atoms with E-state index in [0.717, 1.165) is 0 Å². The van der Waals surface area contributed by atoms with E-state index in [9.17, 15) is 0 Å². The molecule has 0 aromatic rings. The molecular formula is C14H24N2O5. The maximum absolute atomic E-state index is 6.01. The highest BCUT2D eigenvalue weighted by molar-refractivity contribution is 5.64. The van der Waals surface area contributed by atoms with Crippen LogP contribution < -0.4 is 0 Å². The van der Waals surface area contributed by atoms with E-state index >= 15 is 0 Å². The Hall–Kier alpha value is -0.730. The summed E-state index contributed by atoms with van der Waals surface area (Å²) in [6.45, 7) is 7.52. The molecule has 0 saturated carbocycles. The van der Waals surface area contributed by atoms with Gasteiger partial charge in [0, 0.05) is 14.1 Å². The van der Waals surface area contributed by atoms with Crippen LogP contribution in [0.15, 0.2) is 5.10 Å². The van der Waals surface area contributed by atoms with Crippen molar-refractivity contribution in [1.29, 1.82) is 0 Å². The van der Waals surface area contributed by atoms with Crippen LogP contribution in [0.1, 0.15) is 27.7 Å².